The number of hydrogen-bond donors (Lipinski definition) is 1. The van der Waals surface area contributed by atoms with Crippen molar-refractivity contribution in [2.75, 3.05) is 6.54 Å². The van der Waals surface area contributed by atoms with E-state index in [-0.39, 0.29) is 17.8 Å². The number of aryl methyl sites for hydroxylation is 1. The van der Waals surface area contributed by atoms with Gasteiger partial charge in [-0.15, -0.1) is 0 Å². The zero-order valence-electron chi connectivity index (χ0n) is 8.86. The van der Waals surface area contributed by atoms with Gasteiger partial charge in [0.15, 0.2) is 0 Å². The molecular weight excluding hydrogens is 229 g/mol. The Bertz CT molecular complexity index is 522. The van der Waals surface area contributed by atoms with E-state index in [1.807, 2.05) is 0 Å². The van der Waals surface area contributed by atoms with Crippen molar-refractivity contribution in [1.29, 1.82) is 5.26 Å². The monoisotopic (exact) mass is 237 g/mol. The second kappa shape index (κ2) is 5.03. The maximum atomic E-state index is 13.6. The number of nitro groups is 1. The summed E-state index contributed by atoms with van der Waals surface area (Å²) in [7, 11) is 0. The topological polar surface area (TPSA) is 96.0 Å². The van der Waals surface area contributed by atoms with Crippen molar-refractivity contribution in [1.82, 2.24) is 5.32 Å². The van der Waals surface area contributed by atoms with Crippen LogP contribution in [0.3, 0.4) is 0 Å². The summed E-state index contributed by atoms with van der Waals surface area (Å²) in [6.45, 7) is 1.03. The van der Waals surface area contributed by atoms with Crippen LogP contribution in [0.1, 0.15) is 15.9 Å². The number of carbonyl (C=O) groups excluding carboxylic acids is 1. The number of nitriles is 1. The molecule has 7 heteroatoms. The minimum Gasteiger partial charge on any atom is -0.339 e. The Kier molecular flexibility index (Phi) is 3.72. The van der Waals surface area contributed by atoms with Crippen LogP contribution in [0.2, 0.25) is 0 Å². The standard InChI is InChI=1S/C10H8FN3O3/c1-6-4-7(14(16)17)5-8(9(6)11)10(15)13-3-2-12/h4-5H,3H2,1H3,(H,13,15). The highest BCUT2D eigenvalue weighted by Gasteiger charge is 2.19. The van der Waals surface area contributed by atoms with E-state index < -0.39 is 22.2 Å². The molecule has 0 saturated heterocycles. The molecule has 0 bridgehead atoms. The van der Waals surface area contributed by atoms with Crippen LogP contribution in [0.25, 0.3) is 0 Å². The van der Waals surface area contributed by atoms with Crippen molar-refractivity contribution < 1.29 is 14.1 Å². The molecule has 0 radical (unpaired) electrons. The van der Waals surface area contributed by atoms with Crippen molar-refractivity contribution in [3.05, 3.63) is 39.2 Å². The summed E-state index contributed by atoms with van der Waals surface area (Å²) in [5.41, 5.74) is -0.806. The van der Waals surface area contributed by atoms with E-state index in [4.69, 9.17) is 5.26 Å². The number of non-ortho nitro benzene ring substituents is 1. The van der Waals surface area contributed by atoms with Gasteiger partial charge in [0.25, 0.3) is 11.6 Å². The molecule has 0 heterocycles. The van der Waals surface area contributed by atoms with Crippen LogP contribution < -0.4 is 5.32 Å². The molecule has 0 fully saturated rings. The minimum absolute atomic E-state index is 0.00121. The fourth-order valence-electron chi connectivity index (χ4n) is 1.24. The molecule has 1 aromatic rings. The van der Waals surface area contributed by atoms with Crippen LogP contribution in [0.4, 0.5) is 10.1 Å². The Morgan fingerprint density at radius 3 is 2.82 bits per heavy atom. The number of benzene rings is 1. The van der Waals surface area contributed by atoms with E-state index in [2.05, 4.69) is 5.32 Å². The van der Waals surface area contributed by atoms with Crippen molar-refractivity contribution in [3.8, 4) is 6.07 Å². The van der Waals surface area contributed by atoms with Gasteiger partial charge in [0.05, 0.1) is 16.6 Å². The lowest BCUT2D eigenvalue weighted by molar-refractivity contribution is -0.385. The van der Waals surface area contributed by atoms with Gasteiger partial charge in [0.1, 0.15) is 12.4 Å². The maximum absolute atomic E-state index is 13.6. The van der Waals surface area contributed by atoms with Crippen molar-refractivity contribution >= 4 is 11.6 Å². The van der Waals surface area contributed by atoms with Gasteiger partial charge in [0, 0.05) is 12.1 Å². The third-order valence-corrected chi connectivity index (χ3v) is 2.02. The fourth-order valence-corrected chi connectivity index (χ4v) is 1.24. The van der Waals surface area contributed by atoms with E-state index >= 15 is 0 Å². The number of nitrogens with zero attached hydrogens (tertiary/aromatic N) is 2. The van der Waals surface area contributed by atoms with Gasteiger partial charge in [-0.3, -0.25) is 14.9 Å². The molecule has 17 heavy (non-hydrogen) atoms. The molecule has 0 aliphatic rings. The lowest BCUT2D eigenvalue weighted by atomic mass is 10.1. The number of nitrogens with one attached hydrogen (secondary N) is 1. The highest BCUT2D eigenvalue weighted by molar-refractivity contribution is 5.95. The molecule has 1 N–H and O–H groups in total. The summed E-state index contributed by atoms with van der Waals surface area (Å²) >= 11 is 0. The molecule has 0 aliphatic carbocycles. The molecule has 1 amide bonds. The maximum Gasteiger partial charge on any atom is 0.270 e. The molecule has 88 valence electrons. The predicted octanol–water partition coefficient (Wildman–Crippen LogP) is 1.30. The first-order chi connectivity index (χ1) is 7.97. The van der Waals surface area contributed by atoms with Crippen LogP contribution in [-0.2, 0) is 0 Å². The molecular formula is C10H8FN3O3. The average molecular weight is 237 g/mol. The van der Waals surface area contributed by atoms with Gasteiger partial charge in [-0.05, 0) is 12.5 Å². The van der Waals surface area contributed by atoms with E-state index in [0.717, 1.165) is 12.1 Å². The number of hydrogen-bond acceptors (Lipinski definition) is 4. The molecule has 1 rings (SSSR count). The molecule has 0 aromatic heterocycles. The number of rotatable bonds is 3. The number of nitro benzene ring substituents is 1. The van der Waals surface area contributed by atoms with Crippen molar-refractivity contribution in [2.45, 2.75) is 6.92 Å². The smallest absolute Gasteiger partial charge is 0.270 e. The second-order valence-corrected chi connectivity index (χ2v) is 3.22. The fraction of sp³-hybridized carbons (Fsp3) is 0.200. The summed E-state index contributed by atoms with van der Waals surface area (Å²) in [6, 6.07) is 3.53. The Labute approximate surface area is 95.8 Å². The molecule has 0 saturated carbocycles. The molecule has 0 atom stereocenters. The zero-order chi connectivity index (χ0) is 13.0. The van der Waals surface area contributed by atoms with Crippen LogP contribution in [0.15, 0.2) is 12.1 Å². The number of amides is 1. The van der Waals surface area contributed by atoms with E-state index in [1.54, 1.807) is 6.07 Å². The Hall–Kier alpha value is -2.49. The molecule has 6 nitrogen and oxygen atoms in total. The van der Waals surface area contributed by atoms with E-state index in [9.17, 15) is 19.3 Å². The van der Waals surface area contributed by atoms with Gasteiger partial charge < -0.3 is 5.32 Å². The molecule has 0 spiro atoms. The number of halogens is 1. The Morgan fingerprint density at radius 2 is 2.29 bits per heavy atom. The SMILES string of the molecule is Cc1cc([N+](=O)[O-])cc(C(=O)NCC#N)c1F. The number of carbonyl (C=O) groups is 1. The van der Waals surface area contributed by atoms with Gasteiger partial charge in [-0.1, -0.05) is 0 Å². The van der Waals surface area contributed by atoms with Crippen LogP contribution in [0, 0.1) is 34.2 Å². The molecule has 1 aromatic carbocycles. The van der Waals surface area contributed by atoms with Gasteiger partial charge in [-0.25, -0.2) is 4.39 Å². The average Bonchev–Trinajstić information content (AvgIpc) is 2.29. The van der Waals surface area contributed by atoms with Gasteiger partial charge >= 0.3 is 0 Å². The van der Waals surface area contributed by atoms with Crippen molar-refractivity contribution in [3.63, 3.8) is 0 Å². The van der Waals surface area contributed by atoms with Crippen LogP contribution >= 0.6 is 0 Å². The molecule has 0 unspecified atom stereocenters. The van der Waals surface area contributed by atoms with E-state index in [1.165, 1.54) is 6.92 Å². The summed E-state index contributed by atoms with van der Waals surface area (Å²) < 4.78 is 13.6. The van der Waals surface area contributed by atoms with Gasteiger partial charge in [0.2, 0.25) is 0 Å². The third kappa shape index (κ3) is 2.75. The van der Waals surface area contributed by atoms with Crippen LogP contribution in [0.5, 0.6) is 0 Å². The summed E-state index contributed by atoms with van der Waals surface area (Å²) in [5.74, 6) is -1.68. The largest absolute Gasteiger partial charge is 0.339 e. The molecule has 0 aliphatic heterocycles. The summed E-state index contributed by atoms with van der Waals surface area (Å²) in [5, 5.41) is 20.9. The zero-order valence-corrected chi connectivity index (χ0v) is 8.86. The lowest BCUT2D eigenvalue weighted by Crippen LogP contribution is -2.25. The quantitative estimate of drug-likeness (QED) is 0.486. The Morgan fingerprint density at radius 1 is 1.65 bits per heavy atom. The summed E-state index contributed by atoms with van der Waals surface area (Å²) in [6.07, 6.45) is 0. The Balaban J connectivity index is 3.19. The second-order valence-electron chi connectivity index (χ2n) is 3.22. The minimum atomic E-state index is -0.851. The highest BCUT2D eigenvalue weighted by Crippen LogP contribution is 2.20. The summed E-state index contributed by atoms with van der Waals surface area (Å²) in [4.78, 5) is 21.3. The van der Waals surface area contributed by atoms with Crippen LogP contribution in [-0.4, -0.2) is 17.4 Å². The lowest BCUT2D eigenvalue weighted by Gasteiger charge is -2.05. The first-order valence-corrected chi connectivity index (χ1v) is 4.57. The third-order valence-electron chi connectivity index (χ3n) is 2.02. The first kappa shape index (κ1) is 12.6. The normalized spacial score (nSPS) is 9.47. The highest BCUT2D eigenvalue weighted by atomic mass is 19.1. The van der Waals surface area contributed by atoms with Gasteiger partial charge in [-0.2, -0.15) is 5.26 Å². The predicted molar refractivity (Wildman–Crippen MR) is 55.7 cm³/mol. The van der Waals surface area contributed by atoms with E-state index in [0.29, 0.717) is 0 Å². The van der Waals surface area contributed by atoms with Crippen molar-refractivity contribution in [2.24, 2.45) is 0 Å². The first-order valence-electron chi connectivity index (χ1n) is 4.57.